The highest BCUT2D eigenvalue weighted by atomic mass is 79.9. The van der Waals surface area contributed by atoms with Crippen molar-refractivity contribution in [3.8, 4) is 0 Å². The smallest absolute Gasteiger partial charge is 0.317 e. The van der Waals surface area contributed by atoms with Crippen LogP contribution >= 0.6 is 27.7 Å². The third kappa shape index (κ3) is 5.72. The zero-order valence-electron chi connectivity index (χ0n) is 13.4. The fraction of sp³-hybridized carbons (Fsp3) is 0.294. The van der Waals surface area contributed by atoms with Crippen molar-refractivity contribution in [2.75, 3.05) is 5.75 Å². The van der Waals surface area contributed by atoms with Gasteiger partial charge < -0.3 is 14.5 Å². The van der Waals surface area contributed by atoms with Crippen LogP contribution in [0, 0.1) is 6.92 Å². The molecular weight excluding hydrogens is 394 g/mol. The molecule has 0 saturated heterocycles. The summed E-state index contributed by atoms with van der Waals surface area (Å²) in [6.45, 7) is 3.79. The summed E-state index contributed by atoms with van der Waals surface area (Å²) in [5.74, 6) is 0.00818. The van der Waals surface area contributed by atoms with Crippen LogP contribution in [0.3, 0.4) is 0 Å². The molecule has 128 valence electrons. The molecule has 1 aromatic heterocycles. The van der Waals surface area contributed by atoms with Crippen LogP contribution in [-0.2, 0) is 20.9 Å². The molecule has 0 radical (unpaired) electrons. The highest BCUT2D eigenvalue weighted by Gasteiger charge is 2.18. The van der Waals surface area contributed by atoms with Gasteiger partial charge in [-0.25, -0.2) is 0 Å². The number of furan rings is 1. The van der Waals surface area contributed by atoms with E-state index in [4.69, 9.17) is 9.15 Å². The Hall–Kier alpha value is -1.73. The lowest BCUT2D eigenvalue weighted by Crippen LogP contribution is -2.35. The first-order valence-corrected chi connectivity index (χ1v) is 9.12. The van der Waals surface area contributed by atoms with E-state index < -0.39 is 12.1 Å². The Morgan fingerprint density at radius 1 is 1.38 bits per heavy atom. The first-order valence-electron chi connectivity index (χ1n) is 7.34. The van der Waals surface area contributed by atoms with E-state index in [1.165, 1.54) is 18.0 Å². The Morgan fingerprint density at radius 2 is 2.17 bits per heavy atom. The second kappa shape index (κ2) is 8.94. The van der Waals surface area contributed by atoms with Crippen molar-refractivity contribution >= 4 is 39.6 Å². The highest BCUT2D eigenvalue weighted by Crippen LogP contribution is 2.25. The van der Waals surface area contributed by atoms with E-state index >= 15 is 0 Å². The molecule has 1 N–H and O–H groups in total. The van der Waals surface area contributed by atoms with E-state index in [0.29, 0.717) is 5.76 Å². The molecule has 2 aromatic rings. The Morgan fingerprint density at radius 3 is 2.83 bits per heavy atom. The molecule has 0 spiro atoms. The number of halogens is 1. The molecule has 0 aliphatic heterocycles. The Balaban J connectivity index is 1.75. The SMILES string of the molecule is Cc1cc(Br)ccc1SCC(=O)O[C@H](C)C(=O)NCc1ccco1. The van der Waals surface area contributed by atoms with E-state index in [2.05, 4.69) is 21.2 Å². The monoisotopic (exact) mass is 411 g/mol. The van der Waals surface area contributed by atoms with Gasteiger partial charge in [0.25, 0.3) is 5.91 Å². The van der Waals surface area contributed by atoms with Gasteiger partial charge in [0.15, 0.2) is 6.10 Å². The molecule has 2 rings (SSSR count). The Kier molecular flexibility index (Phi) is 6.93. The summed E-state index contributed by atoms with van der Waals surface area (Å²) in [7, 11) is 0. The highest BCUT2D eigenvalue weighted by molar-refractivity contribution is 9.10. The predicted molar refractivity (Wildman–Crippen MR) is 95.7 cm³/mol. The molecule has 5 nitrogen and oxygen atoms in total. The fourth-order valence-electron chi connectivity index (χ4n) is 1.93. The van der Waals surface area contributed by atoms with E-state index in [1.807, 2.05) is 25.1 Å². The van der Waals surface area contributed by atoms with Gasteiger partial charge in [-0.05, 0) is 49.7 Å². The lowest BCUT2D eigenvalue weighted by atomic mass is 10.2. The summed E-state index contributed by atoms with van der Waals surface area (Å²) in [5, 5.41) is 2.66. The Bertz CT molecular complexity index is 703. The molecule has 0 aliphatic rings. The molecule has 1 atom stereocenters. The Labute approximate surface area is 153 Å². The molecule has 0 saturated carbocycles. The number of ether oxygens (including phenoxy) is 1. The van der Waals surface area contributed by atoms with Gasteiger partial charge in [-0.15, -0.1) is 11.8 Å². The van der Waals surface area contributed by atoms with Gasteiger partial charge in [-0.3, -0.25) is 9.59 Å². The molecule has 24 heavy (non-hydrogen) atoms. The van der Waals surface area contributed by atoms with Gasteiger partial charge in [0, 0.05) is 9.37 Å². The summed E-state index contributed by atoms with van der Waals surface area (Å²) < 4.78 is 11.3. The lowest BCUT2D eigenvalue weighted by molar-refractivity contribution is -0.152. The number of hydrogen-bond acceptors (Lipinski definition) is 5. The molecule has 1 heterocycles. The summed E-state index contributed by atoms with van der Waals surface area (Å²) in [6.07, 6.45) is 0.686. The molecule has 1 aromatic carbocycles. The van der Waals surface area contributed by atoms with Gasteiger partial charge in [-0.1, -0.05) is 15.9 Å². The number of rotatable bonds is 7. The minimum absolute atomic E-state index is 0.151. The van der Waals surface area contributed by atoms with Crippen LogP contribution in [0.15, 0.2) is 50.4 Å². The second-order valence-electron chi connectivity index (χ2n) is 5.13. The number of thioether (sulfide) groups is 1. The molecule has 7 heteroatoms. The standard InChI is InChI=1S/C17H18BrNO4S/c1-11-8-13(18)5-6-15(11)24-10-16(20)23-12(2)17(21)19-9-14-4-3-7-22-14/h3-8,12H,9-10H2,1-2H3,(H,19,21)/t12-/m1/s1. The fourth-order valence-corrected chi connectivity index (χ4v) is 3.20. The maximum absolute atomic E-state index is 11.9. The average molecular weight is 412 g/mol. The average Bonchev–Trinajstić information content (AvgIpc) is 3.05. The zero-order valence-corrected chi connectivity index (χ0v) is 15.8. The second-order valence-corrected chi connectivity index (χ2v) is 7.06. The topological polar surface area (TPSA) is 68.5 Å². The number of esters is 1. The number of amides is 1. The summed E-state index contributed by atoms with van der Waals surface area (Å²) >= 11 is 4.79. The minimum Gasteiger partial charge on any atom is -0.467 e. The van der Waals surface area contributed by atoms with Gasteiger partial charge in [-0.2, -0.15) is 0 Å². The summed E-state index contributed by atoms with van der Waals surface area (Å²) in [4.78, 5) is 24.8. The van der Waals surface area contributed by atoms with Crippen LogP contribution in [0.2, 0.25) is 0 Å². The van der Waals surface area contributed by atoms with Crippen molar-refractivity contribution < 1.29 is 18.7 Å². The van der Waals surface area contributed by atoms with Crippen molar-refractivity contribution in [1.29, 1.82) is 0 Å². The predicted octanol–water partition coefficient (Wildman–Crippen LogP) is 3.69. The van der Waals surface area contributed by atoms with E-state index in [1.54, 1.807) is 19.1 Å². The van der Waals surface area contributed by atoms with Crippen LogP contribution in [0.5, 0.6) is 0 Å². The van der Waals surface area contributed by atoms with Gasteiger partial charge in [0.1, 0.15) is 5.76 Å². The zero-order chi connectivity index (χ0) is 17.5. The number of carbonyl (C=O) groups is 2. The van der Waals surface area contributed by atoms with E-state index in [0.717, 1.165) is 14.9 Å². The number of nitrogens with one attached hydrogen (secondary N) is 1. The van der Waals surface area contributed by atoms with Crippen LogP contribution in [0.4, 0.5) is 0 Å². The maximum atomic E-state index is 11.9. The van der Waals surface area contributed by atoms with Crippen LogP contribution in [0.25, 0.3) is 0 Å². The third-order valence-electron chi connectivity index (χ3n) is 3.18. The van der Waals surface area contributed by atoms with Gasteiger partial charge in [0.2, 0.25) is 0 Å². The van der Waals surface area contributed by atoms with Crippen LogP contribution in [0.1, 0.15) is 18.2 Å². The molecular formula is C17H18BrNO4S. The summed E-state index contributed by atoms with van der Waals surface area (Å²) in [6, 6.07) is 9.35. The number of aryl methyl sites for hydroxylation is 1. The third-order valence-corrected chi connectivity index (χ3v) is 4.82. The van der Waals surface area contributed by atoms with Crippen molar-refractivity contribution in [2.24, 2.45) is 0 Å². The van der Waals surface area contributed by atoms with Gasteiger partial charge >= 0.3 is 5.97 Å². The maximum Gasteiger partial charge on any atom is 0.317 e. The van der Waals surface area contributed by atoms with Crippen LogP contribution in [-0.4, -0.2) is 23.7 Å². The van der Waals surface area contributed by atoms with Crippen molar-refractivity contribution in [3.63, 3.8) is 0 Å². The largest absolute Gasteiger partial charge is 0.467 e. The van der Waals surface area contributed by atoms with E-state index in [-0.39, 0.29) is 18.2 Å². The molecule has 0 fully saturated rings. The minimum atomic E-state index is -0.848. The molecule has 0 aliphatic carbocycles. The number of carbonyl (C=O) groups excluding carboxylic acids is 2. The molecule has 1 amide bonds. The quantitative estimate of drug-likeness (QED) is 0.555. The number of benzene rings is 1. The first kappa shape index (κ1) is 18.6. The molecule has 0 bridgehead atoms. The first-order chi connectivity index (χ1) is 11.5. The molecule has 0 unspecified atom stereocenters. The van der Waals surface area contributed by atoms with Crippen LogP contribution < -0.4 is 5.32 Å². The van der Waals surface area contributed by atoms with Crippen molar-refractivity contribution in [3.05, 3.63) is 52.4 Å². The van der Waals surface area contributed by atoms with Gasteiger partial charge in [0.05, 0.1) is 18.6 Å². The lowest BCUT2D eigenvalue weighted by Gasteiger charge is -2.13. The normalized spacial score (nSPS) is 11.8. The van der Waals surface area contributed by atoms with E-state index in [9.17, 15) is 9.59 Å². The number of hydrogen-bond donors (Lipinski definition) is 1. The van der Waals surface area contributed by atoms with Crippen molar-refractivity contribution in [1.82, 2.24) is 5.32 Å². The van der Waals surface area contributed by atoms with Crippen molar-refractivity contribution in [2.45, 2.75) is 31.4 Å². The summed E-state index contributed by atoms with van der Waals surface area (Å²) in [5.41, 5.74) is 1.08.